The summed E-state index contributed by atoms with van der Waals surface area (Å²) in [5.41, 5.74) is 3.90. The number of hydrogen-bond acceptors (Lipinski definition) is 6. The number of nitrogens with zero attached hydrogens (tertiary/aromatic N) is 4. The van der Waals surface area contributed by atoms with Gasteiger partial charge in [0.05, 0.1) is 17.6 Å². The highest BCUT2D eigenvalue weighted by molar-refractivity contribution is 5.80. The lowest BCUT2D eigenvalue weighted by Crippen LogP contribution is -2.22. The lowest BCUT2D eigenvalue weighted by atomic mass is 10.2. The first-order chi connectivity index (χ1) is 14.5. The van der Waals surface area contributed by atoms with E-state index in [-0.39, 0.29) is 5.82 Å². The quantitative estimate of drug-likeness (QED) is 0.355. The van der Waals surface area contributed by atoms with Gasteiger partial charge in [-0.15, -0.1) is 6.42 Å². The Morgan fingerprint density at radius 2 is 2.10 bits per heavy atom. The fourth-order valence-electron chi connectivity index (χ4n) is 3.25. The maximum atomic E-state index is 13.5. The van der Waals surface area contributed by atoms with Gasteiger partial charge >= 0.3 is 6.01 Å². The molecule has 7 nitrogen and oxygen atoms in total. The van der Waals surface area contributed by atoms with Crippen molar-refractivity contribution in [2.24, 2.45) is 7.05 Å². The van der Waals surface area contributed by atoms with E-state index in [0.29, 0.717) is 36.3 Å². The van der Waals surface area contributed by atoms with E-state index in [2.05, 4.69) is 26.1 Å². The normalized spacial score (nSPS) is 11.4. The molecule has 0 bridgehead atoms. The van der Waals surface area contributed by atoms with Crippen molar-refractivity contribution in [3.8, 4) is 12.3 Å². The van der Waals surface area contributed by atoms with Crippen LogP contribution in [0.3, 0.4) is 0 Å². The molecule has 0 saturated carbocycles. The largest absolute Gasteiger partial charge is 0.423 e. The Bertz CT molecular complexity index is 1220. The van der Waals surface area contributed by atoms with E-state index in [0.717, 1.165) is 29.7 Å². The fraction of sp³-hybridized carbons (Fsp3) is 0.273. The molecular formula is C22H22FN5O2. The molecule has 0 unspecified atom stereocenters. The van der Waals surface area contributed by atoms with Crippen LogP contribution in [0.2, 0.25) is 0 Å². The summed E-state index contributed by atoms with van der Waals surface area (Å²) in [6.45, 7) is 2.44. The first-order valence-electron chi connectivity index (χ1n) is 9.51. The molecule has 0 aliphatic carbocycles. The lowest BCUT2D eigenvalue weighted by molar-refractivity contribution is 0.135. The molecule has 0 aliphatic rings. The zero-order valence-corrected chi connectivity index (χ0v) is 16.9. The molecule has 4 rings (SSSR count). The zero-order chi connectivity index (χ0) is 21.1. The van der Waals surface area contributed by atoms with E-state index in [9.17, 15) is 4.39 Å². The number of benzene rings is 2. The number of anilines is 2. The Morgan fingerprint density at radius 3 is 2.93 bits per heavy atom. The summed E-state index contributed by atoms with van der Waals surface area (Å²) in [4.78, 5) is 11.1. The minimum absolute atomic E-state index is 0.325. The van der Waals surface area contributed by atoms with Gasteiger partial charge in [0.1, 0.15) is 17.9 Å². The number of nitrogens with one attached hydrogen (secondary N) is 1. The average molecular weight is 407 g/mol. The van der Waals surface area contributed by atoms with Gasteiger partial charge in [-0.05, 0) is 36.9 Å². The van der Waals surface area contributed by atoms with Crippen molar-refractivity contribution >= 4 is 34.1 Å². The molecule has 0 atom stereocenters. The van der Waals surface area contributed by atoms with Crippen molar-refractivity contribution < 1.29 is 13.5 Å². The summed E-state index contributed by atoms with van der Waals surface area (Å²) in [5, 5.41) is 3.08. The van der Waals surface area contributed by atoms with E-state index < -0.39 is 0 Å². The standard InChI is InChI=1S/C22H22FN5O2/c1-4-10-29-11-9-27(2)14-15-5-8-20-18(12-15)25-22(30-20)26-21-24-17-13-16(23)6-7-19(17)28(21)3/h1,5-8,12-13H,9-11,14H2,2-3H3,(H,24,25,26). The second-order valence-corrected chi connectivity index (χ2v) is 7.07. The molecule has 30 heavy (non-hydrogen) atoms. The molecule has 1 N–H and O–H groups in total. The van der Waals surface area contributed by atoms with Gasteiger partial charge in [-0.1, -0.05) is 12.0 Å². The third kappa shape index (κ3) is 4.27. The Hall–Kier alpha value is -3.41. The van der Waals surface area contributed by atoms with Gasteiger partial charge in [-0.25, -0.2) is 9.37 Å². The fourth-order valence-corrected chi connectivity index (χ4v) is 3.25. The summed E-state index contributed by atoms with van der Waals surface area (Å²) in [7, 11) is 3.87. The summed E-state index contributed by atoms with van der Waals surface area (Å²) < 4.78 is 26.4. The number of ether oxygens (including phenoxy) is 1. The number of aromatic nitrogens is 3. The number of fused-ring (bicyclic) bond motifs is 2. The minimum Gasteiger partial charge on any atom is -0.423 e. The van der Waals surface area contributed by atoms with Crippen molar-refractivity contribution in [1.82, 2.24) is 19.4 Å². The maximum absolute atomic E-state index is 13.5. The van der Waals surface area contributed by atoms with Gasteiger partial charge in [-0.2, -0.15) is 4.98 Å². The van der Waals surface area contributed by atoms with Crippen LogP contribution in [0, 0.1) is 18.2 Å². The first-order valence-corrected chi connectivity index (χ1v) is 9.51. The number of terminal acetylenes is 1. The molecule has 154 valence electrons. The third-order valence-corrected chi connectivity index (χ3v) is 4.77. The SMILES string of the molecule is C#CCOCCN(C)Cc1ccc2oc(Nc3nc4cc(F)ccc4n3C)nc2c1. The highest BCUT2D eigenvalue weighted by Crippen LogP contribution is 2.25. The van der Waals surface area contributed by atoms with Crippen molar-refractivity contribution in [2.45, 2.75) is 6.54 Å². The summed E-state index contributed by atoms with van der Waals surface area (Å²) in [6.07, 6.45) is 5.18. The summed E-state index contributed by atoms with van der Waals surface area (Å²) in [6, 6.07) is 10.7. The van der Waals surface area contributed by atoms with Crippen LogP contribution < -0.4 is 5.32 Å². The van der Waals surface area contributed by atoms with Crippen LogP contribution in [-0.2, 0) is 18.3 Å². The maximum Gasteiger partial charge on any atom is 0.302 e. The highest BCUT2D eigenvalue weighted by Gasteiger charge is 2.13. The second-order valence-electron chi connectivity index (χ2n) is 7.07. The highest BCUT2D eigenvalue weighted by atomic mass is 19.1. The van der Waals surface area contributed by atoms with Crippen molar-refractivity contribution in [3.05, 3.63) is 47.8 Å². The van der Waals surface area contributed by atoms with Gasteiger partial charge in [0.15, 0.2) is 5.58 Å². The molecule has 0 spiro atoms. The topological polar surface area (TPSA) is 68.3 Å². The molecule has 4 aromatic rings. The Labute approximate surface area is 173 Å². The monoisotopic (exact) mass is 407 g/mol. The van der Waals surface area contributed by atoms with Crippen LogP contribution in [0.25, 0.3) is 22.1 Å². The van der Waals surface area contributed by atoms with E-state index >= 15 is 0 Å². The first kappa shape index (κ1) is 19.9. The third-order valence-electron chi connectivity index (χ3n) is 4.77. The second kappa shape index (κ2) is 8.53. The molecule has 0 aliphatic heterocycles. The van der Waals surface area contributed by atoms with Gasteiger partial charge in [-0.3, -0.25) is 10.2 Å². The molecular weight excluding hydrogens is 385 g/mol. The number of hydrogen-bond donors (Lipinski definition) is 1. The number of imidazole rings is 1. The van der Waals surface area contributed by atoms with Gasteiger partial charge in [0.25, 0.3) is 0 Å². The van der Waals surface area contributed by atoms with Crippen molar-refractivity contribution in [2.75, 3.05) is 32.1 Å². The molecule has 0 saturated heterocycles. The van der Waals surface area contributed by atoms with Gasteiger partial charge < -0.3 is 13.7 Å². The van der Waals surface area contributed by atoms with Crippen molar-refractivity contribution in [1.29, 1.82) is 0 Å². The van der Waals surface area contributed by atoms with Crippen LogP contribution >= 0.6 is 0 Å². The molecule has 2 aromatic heterocycles. The summed E-state index contributed by atoms with van der Waals surface area (Å²) in [5.74, 6) is 2.65. The van der Waals surface area contributed by atoms with Crippen molar-refractivity contribution in [3.63, 3.8) is 0 Å². The molecule has 2 aromatic carbocycles. The Balaban J connectivity index is 1.48. The Kier molecular flexibility index (Phi) is 5.65. The number of oxazole rings is 1. The van der Waals surface area contributed by atoms with E-state index in [4.69, 9.17) is 15.6 Å². The number of aryl methyl sites for hydroxylation is 1. The van der Waals surface area contributed by atoms with Crippen LogP contribution in [0.5, 0.6) is 0 Å². The van der Waals surface area contributed by atoms with Crippen LogP contribution in [-0.4, -0.2) is 46.2 Å². The lowest BCUT2D eigenvalue weighted by Gasteiger charge is -2.16. The van der Waals surface area contributed by atoms with Crippen LogP contribution in [0.15, 0.2) is 40.8 Å². The van der Waals surface area contributed by atoms with Crippen LogP contribution in [0.4, 0.5) is 16.4 Å². The van der Waals surface area contributed by atoms with Gasteiger partial charge in [0.2, 0.25) is 5.95 Å². The molecule has 0 radical (unpaired) electrons. The molecule has 0 amide bonds. The summed E-state index contributed by atoms with van der Waals surface area (Å²) >= 11 is 0. The number of rotatable bonds is 8. The van der Waals surface area contributed by atoms with Crippen LogP contribution in [0.1, 0.15) is 5.56 Å². The molecule has 2 heterocycles. The predicted octanol–water partition coefficient (Wildman–Crippen LogP) is 3.68. The number of halogens is 1. The van der Waals surface area contributed by atoms with E-state index in [1.165, 1.54) is 12.1 Å². The number of likely N-dealkylation sites (N-methyl/N-ethyl adjacent to an activating group) is 1. The zero-order valence-electron chi connectivity index (χ0n) is 16.9. The molecule has 0 fully saturated rings. The smallest absolute Gasteiger partial charge is 0.302 e. The van der Waals surface area contributed by atoms with Gasteiger partial charge in [0, 0.05) is 26.2 Å². The predicted molar refractivity (Wildman–Crippen MR) is 114 cm³/mol. The minimum atomic E-state index is -0.325. The Morgan fingerprint density at radius 1 is 1.23 bits per heavy atom. The van der Waals surface area contributed by atoms with E-state index in [1.807, 2.05) is 36.9 Å². The van der Waals surface area contributed by atoms with E-state index in [1.54, 1.807) is 6.07 Å². The average Bonchev–Trinajstić information content (AvgIpc) is 3.25. The molecule has 8 heteroatoms.